The third-order valence-corrected chi connectivity index (χ3v) is 3.61. The number of aryl methyl sites for hydroxylation is 1. The molecular weight excluding hydrogens is 285 g/mol. The maximum Gasteiger partial charge on any atom is 0.174 e. The van der Waals surface area contributed by atoms with Crippen molar-refractivity contribution in [3.63, 3.8) is 0 Å². The van der Waals surface area contributed by atoms with E-state index in [1.807, 2.05) is 13.8 Å². The van der Waals surface area contributed by atoms with Gasteiger partial charge in [-0.15, -0.1) is 0 Å². The topological polar surface area (TPSA) is 68.8 Å². The molecule has 0 aliphatic carbocycles. The number of nitrogens with two attached hydrogens (primary N) is 1. The summed E-state index contributed by atoms with van der Waals surface area (Å²) >= 11 is 12.2. The first kappa shape index (κ1) is 14.1. The molecule has 0 aliphatic heterocycles. The summed E-state index contributed by atoms with van der Waals surface area (Å²) in [5.41, 5.74) is 5.62. The molecule has 2 aromatic rings. The van der Waals surface area contributed by atoms with Gasteiger partial charge in [-0.3, -0.25) is 0 Å². The molecule has 0 radical (unpaired) electrons. The molecule has 3 N–H and O–H groups in total. The molecule has 0 spiro atoms. The molecule has 2 rings (SSSR count). The highest BCUT2D eigenvalue weighted by Crippen LogP contribution is 2.29. The van der Waals surface area contributed by atoms with Gasteiger partial charge in [0.2, 0.25) is 0 Å². The smallest absolute Gasteiger partial charge is 0.174 e. The molecule has 7 heteroatoms. The fourth-order valence-corrected chi connectivity index (χ4v) is 2.59. The lowest BCUT2D eigenvalue weighted by Gasteiger charge is -2.10. The molecule has 19 heavy (non-hydrogen) atoms. The van der Waals surface area contributed by atoms with Crippen LogP contribution in [0.15, 0.2) is 6.07 Å². The van der Waals surface area contributed by atoms with E-state index in [2.05, 4.69) is 22.4 Å². The molecule has 0 bridgehead atoms. The summed E-state index contributed by atoms with van der Waals surface area (Å²) in [7, 11) is 0. The molecule has 2 aromatic heterocycles. The first-order valence-electron chi connectivity index (χ1n) is 5.87. The standard InChI is InChI=1S/C12H15Cl2N5/c1-4-8-6(2)18-19(7(8)3)12-10(14)5-9(13)11(16-12)17-15/h5H,4,15H2,1-3H3,(H,16,17). The molecule has 5 nitrogen and oxygen atoms in total. The molecule has 0 atom stereocenters. The van der Waals surface area contributed by atoms with E-state index in [4.69, 9.17) is 29.0 Å². The van der Waals surface area contributed by atoms with E-state index < -0.39 is 0 Å². The fourth-order valence-electron chi connectivity index (χ4n) is 2.10. The Morgan fingerprint density at radius 2 is 2.00 bits per heavy atom. The number of halogens is 2. The molecule has 0 saturated heterocycles. The Balaban J connectivity index is 2.65. The highest BCUT2D eigenvalue weighted by Gasteiger charge is 2.16. The van der Waals surface area contributed by atoms with Gasteiger partial charge in [-0.25, -0.2) is 15.5 Å². The van der Waals surface area contributed by atoms with Crippen LogP contribution in [-0.2, 0) is 6.42 Å². The van der Waals surface area contributed by atoms with Gasteiger partial charge in [0.1, 0.15) is 0 Å². The van der Waals surface area contributed by atoms with Crippen molar-refractivity contribution in [2.75, 3.05) is 5.43 Å². The molecule has 0 fully saturated rings. The van der Waals surface area contributed by atoms with Gasteiger partial charge in [0.15, 0.2) is 11.6 Å². The fraction of sp³-hybridized carbons (Fsp3) is 0.333. The highest BCUT2D eigenvalue weighted by molar-refractivity contribution is 6.36. The summed E-state index contributed by atoms with van der Waals surface area (Å²) in [5, 5.41) is 5.27. The van der Waals surface area contributed by atoms with E-state index in [9.17, 15) is 0 Å². The lowest BCUT2D eigenvalue weighted by molar-refractivity contribution is 0.806. The van der Waals surface area contributed by atoms with Gasteiger partial charge in [-0.2, -0.15) is 5.10 Å². The lowest BCUT2D eigenvalue weighted by atomic mass is 10.1. The predicted molar refractivity (Wildman–Crippen MR) is 78.0 cm³/mol. The van der Waals surface area contributed by atoms with Crippen LogP contribution in [0, 0.1) is 13.8 Å². The van der Waals surface area contributed by atoms with Gasteiger partial charge in [0.05, 0.1) is 15.7 Å². The lowest BCUT2D eigenvalue weighted by Crippen LogP contribution is -2.12. The zero-order valence-corrected chi connectivity index (χ0v) is 12.5. The maximum absolute atomic E-state index is 6.19. The van der Waals surface area contributed by atoms with Crippen molar-refractivity contribution in [1.82, 2.24) is 14.8 Å². The zero-order chi connectivity index (χ0) is 14.2. The number of nitrogen functional groups attached to an aromatic ring is 1. The van der Waals surface area contributed by atoms with Crippen LogP contribution in [0.4, 0.5) is 5.82 Å². The van der Waals surface area contributed by atoms with Gasteiger partial charge < -0.3 is 5.43 Å². The van der Waals surface area contributed by atoms with Crippen LogP contribution in [0.1, 0.15) is 23.9 Å². The second kappa shape index (κ2) is 5.36. The van der Waals surface area contributed by atoms with Crippen LogP contribution in [-0.4, -0.2) is 14.8 Å². The third-order valence-electron chi connectivity index (χ3n) is 3.04. The number of nitrogens with zero attached hydrogens (tertiary/aromatic N) is 3. The summed E-state index contributed by atoms with van der Waals surface area (Å²) in [6, 6.07) is 1.60. The van der Waals surface area contributed by atoms with Crippen LogP contribution in [0.3, 0.4) is 0 Å². The van der Waals surface area contributed by atoms with Crippen molar-refractivity contribution in [2.45, 2.75) is 27.2 Å². The minimum absolute atomic E-state index is 0.367. The number of rotatable bonds is 3. The van der Waals surface area contributed by atoms with Crippen molar-refractivity contribution in [2.24, 2.45) is 5.84 Å². The van der Waals surface area contributed by atoms with Crippen LogP contribution in [0.2, 0.25) is 10.0 Å². The SMILES string of the molecule is CCc1c(C)nn(-c2nc(NN)c(Cl)cc2Cl)c1C. The van der Waals surface area contributed by atoms with E-state index in [0.717, 1.165) is 17.8 Å². The van der Waals surface area contributed by atoms with Gasteiger partial charge in [0.25, 0.3) is 0 Å². The summed E-state index contributed by atoms with van der Waals surface area (Å²) in [4.78, 5) is 4.31. The van der Waals surface area contributed by atoms with E-state index in [1.165, 1.54) is 5.56 Å². The number of pyridine rings is 1. The Morgan fingerprint density at radius 1 is 1.32 bits per heavy atom. The van der Waals surface area contributed by atoms with Crippen LogP contribution in [0.5, 0.6) is 0 Å². The number of hydrazine groups is 1. The van der Waals surface area contributed by atoms with Crippen molar-refractivity contribution >= 4 is 29.0 Å². The Morgan fingerprint density at radius 3 is 2.53 bits per heavy atom. The Bertz CT molecular complexity index is 621. The van der Waals surface area contributed by atoms with Crippen molar-refractivity contribution in [3.05, 3.63) is 33.1 Å². The highest BCUT2D eigenvalue weighted by atomic mass is 35.5. The van der Waals surface area contributed by atoms with E-state index >= 15 is 0 Å². The Kier molecular flexibility index (Phi) is 3.99. The van der Waals surface area contributed by atoms with Gasteiger partial charge >= 0.3 is 0 Å². The van der Waals surface area contributed by atoms with Crippen LogP contribution >= 0.6 is 23.2 Å². The third kappa shape index (κ3) is 2.41. The average Bonchev–Trinajstić information content (AvgIpc) is 2.64. The zero-order valence-electron chi connectivity index (χ0n) is 11.0. The van der Waals surface area contributed by atoms with E-state index in [-0.39, 0.29) is 0 Å². The van der Waals surface area contributed by atoms with E-state index in [1.54, 1.807) is 10.7 Å². The number of hydrogen-bond acceptors (Lipinski definition) is 4. The molecule has 0 amide bonds. The second-order valence-electron chi connectivity index (χ2n) is 4.18. The maximum atomic E-state index is 6.19. The average molecular weight is 300 g/mol. The Labute approximate surface area is 121 Å². The van der Waals surface area contributed by atoms with Crippen molar-refractivity contribution in [1.29, 1.82) is 0 Å². The second-order valence-corrected chi connectivity index (χ2v) is 5.00. The minimum Gasteiger partial charge on any atom is -0.307 e. The first-order valence-corrected chi connectivity index (χ1v) is 6.63. The molecule has 0 unspecified atom stereocenters. The summed E-state index contributed by atoms with van der Waals surface area (Å²) in [6.45, 7) is 6.04. The number of hydrogen-bond donors (Lipinski definition) is 2. The molecule has 0 aromatic carbocycles. The molecule has 0 aliphatic rings. The summed E-state index contributed by atoms with van der Waals surface area (Å²) in [5.74, 6) is 6.26. The predicted octanol–water partition coefficient (Wildman–Crippen LogP) is 3.04. The Hall–Kier alpha value is -1.30. The summed E-state index contributed by atoms with van der Waals surface area (Å²) in [6.07, 6.45) is 0.908. The minimum atomic E-state index is 0.367. The van der Waals surface area contributed by atoms with Gasteiger partial charge in [-0.1, -0.05) is 30.1 Å². The van der Waals surface area contributed by atoms with Crippen molar-refractivity contribution in [3.8, 4) is 5.82 Å². The largest absolute Gasteiger partial charge is 0.307 e. The van der Waals surface area contributed by atoms with Crippen LogP contribution in [0.25, 0.3) is 5.82 Å². The van der Waals surface area contributed by atoms with Gasteiger partial charge in [0, 0.05) is 5.69 Å². The monoisotopic (exact) mass is 299 g/mol. The quantitative estimate of drug-likeness (QED) is 0.675. The molecule has 0 saturated carbocycles. The summed E-state index contributed by atoms with van der Waals surface area (Å²) < 4.78 is 1.72. The van der Waals surface area contributed by atoms with Gasteiger partial charge in [-0.05, 0) is 31.9 Å². The number of anilines is 1. The molecule has 2 heterocycles. The molecule has 102 valence electrons. The van der Waals surface area contributed by atoms with Crippen molar-refractivity contribution < 1.29 is 0 Å². The number of nitrogens with one attached hydrogen (secondary N) is 1. The normalized spacial score (nSPS) is 10.8. The number of aromatic nitrogens is 3. The first-order chi connectivity index (χ1) is 8.99. The van der Waals surface area contributed by atoms with Crippen LogP contribution < -0.4 is 11.3 Å². The molecular formula is C12H15Cl2N5. The van der Waals surface area contributed by atoms with E-state index in [0.29, 0.717) is 21.7 Å².